The summed E-state index contributed by atoms with van der Waals surface area (Å²) in [5.41, 5.74) is 0.230. The summed E-state index contributed by atoms with van der Waals surface area (Å²) in [4.78, 5) is 10.7. The minimum Gasteiger partial charge on any atom is -0.478 e. The Kier molecular flexibility index (Phi) is 4.63. The Morgan fingerprint density at radius 2 is 2.47 bits per heavy atom. The molecule has 0 bridgehead atoms. The van der Waals surface area contributed by atoms with Crippen molar-refractivity contribution in [3.63, 3.8) is 0 Å². The van der Waals surface area contributed by atoms with Gasteiger partial charge in [-0.3, -0.25) is 0 Å². The monoisotopic (exact) mass is 209 g/mol. The maximum absolute atomic E-state index is 10.7. The molecule has 0 radical (unpaired) electrons. The minimum absolute atomic E-state index is 0.230. The fraction of sp³-hybridized carbons (Fsp3) is 0.364. The van der Waals surface area contributed by atoms with Gasteiger partial charge in [-0.05, 0) is 26.0 Å². The Labute approximate surface area is 88.6 Å². The number of furan rings is 1. The van der Waals surface area contributed by atoms with Gasteiger partial charge in [-0.2, -0.15) is 0 Å². The maximum atomic E-state index is 10.7. The van der Waals surface area contributed by atoms with E-state index < -0.39 is 5.97 Å². The van der Waals surface area contributed by atoms with E-state index >= 15 is 0 Å². The second-order valence-electron chi connectivity index (χ2n) is 3.10. The summed E-state index contributed by atoms with van der Waals surface area (Å²) in [5, 5.41) is 11.9. The molecule has 0 atom stereocenters. The Bertz CT molecular complexity index is 341. The van der Waals surface area contributed by atoms with E-state index in [0.29, 0.717) is 12.3 Å². The molecular weight excluding hydrogens is 194 g/mol. The van der Waals surface area contributed by atoms with E-state index in [1.807, 2.05) is 19.1 Å². The smallest absolute Gasteiger partial charge is 0.339 e. The molecule has 4 heteroatoms. The SMILES string of the molecule is C/C=C/CCNCc1occc1C(=O)O. The molecule has 1 aromatic rings. The topological polar surface area (TPSA) is 62.5 Å². The lowest BCUT2D eigenvalue weighted by Gasteiger charge is -2.00. The van der Waals surface area contributed by atoms with Gasteiger partial charge in [0.25, 0.3) is 0 Å². The summed E-state index contributed by atoms with van der Waals surface area (Å²) < 4.78 is 5.07. The summed E-state index contributed by atoms with van der Waals surface area (Å²) in [7, 11) is 0. The first-order chi connectivity index (χ1) is 7.25. The van der Waals surface area contributed by atoms with Gasteiger partial charge in [0.05, 0.1) is 12.8 Å². The van der Waals surface area contributed by atoms with E-state index in [1.165, 1.54) is 12.3 Å². The lowest BCUT2D eigenvalue weighted by Crippen LogP contribution is -2.15. The fourth-order valence-corrected chi connectivity index (χ4v) is 1.22. The zero-order valence-electron chi connectivity index (χ0n) is 8.69. The third-order valence-electron chi connectivity index (χ3n) is 1.98. The van der Waals surface area contributed by atoms with Gasteiger partial charge in [0, 0.05) is 0 Å². The molecule has 1 heterocycles. The van der Waals surface area contributed by atoms with Crippen molar-refractivity contribution < 1.29 is 14.3 Å². The molecule has 2 N–H and O–H groups in total. The van der Waals surface area contributed by atoms with E-state index in [9.17, 15) is 4.79 Å². The molecule has 15 heavy (non-hydrogen) atoms. The molecule has 0 aliphatic rings. The quantitative estimate of drug-likeness (QED) is 0.556. The zero-order chi connectivity index (χ0) is 11.1. The van der Waals surface area contributed by atoms with E-state index in [1.54, 1.807) is 0 Å². The van der Waals surface area contributed by atoms with E-state index in [4.69, 9.17) is 9.52 Å². The third-order valence-corrected chi connectivity index (χ3v) is 1.98. The second-order valence-corrected chi connectivity index (χ2v) is 3.10. The molecule has 0 amide bonds. The fourth-order valence-electron chi connectivity index (χ4n) is 1.22. The number of hydrogen-bond acceptors (Lipinski definition) is 3. The van der Waals surface area contributed by atoms with Crippen LogP contribution in [-0.4, -0.2) is 17.6 Å². The van der Waals surface area contributed by atoms with Crippen molar-refractivity contribution in [1.82, 2.24) is 5.32 Å². The number of rotatable bonds is 6. The molecular formula is C11H15NO3. The molecule has 1 aromatic heterocycles. The molecule has 0 spiro atoms. The van der Waals surface area contributed by atoms with Gasteiger partial charge in [0.1, 0.15) is 11.3 Å². The Morgan fingerprint density at radius 1 is 1.67 bits per heavy atom. The summed E-state index contributed by atoms with van der Waals surface area (Å²) in [6.45, 7) is 3.23. The minimum atomic E-state index is -0.950. The Hall–Kier alpha value is -1.55. The van der Waals surface area contributed by atoms with Crippen molar-refractivity contribution in [1.29, 1.82) is 0 Å². The first-order valence-electron chi connectivity index (χ1n) is 4.87. The van der Waals surface area contributed by atoms with E-state index in [0.717, 1.165) is 13.0 Å². The van der Waals surface area contributed by atoms with Crippen LogP contribution in [0, 0.1) is 0 Å². The van der Waals surface area contributed by atoms with Crippen LogP contribution in [0.15, 0.2) is 28.9 Å². The van der Waals surface area contributed by atoms with E-state index in [-0.39, 0.29) is 5.56 Å². The summed E-state index contributed by atoms with van der Waals surface area (Å²) >= 11 is 0. The van der Waals surface area contributed by atoms with Crippen molar-refractivity contribution in [2.45, 2.75) is 19.9 Å². The van der Waals surface area contributed by atoms with Gasteiger partial charge < -0.3 is 14.8 Å². The Balaban J connectivity index is 2.37. The Morgan fingerprint density at radius 3 is 3.13 bits per heavy atom. The largest absolute Gasteiger partial charge is 0.478 e. The third kappa shape index (κ3) is 3.59. The molecule has 0 saturated heterocycles. The summed E-state index contributed by atoms with van der Waals surface area (Å²) in [6.07, 6.45) is 6.36. The number of nitrogens with one attached hydrogen (secondary N) is 1. The number of hydrogen-bond donors (Lipinski definition) is 2. The predicted molar refractivity (Wildman–Crippen MR) is 56.8 cm³/mol. The molecule has 1 rings (SSSR count). The van der Waals surface area contributed by atoms with Crippen LogP contribution in [0.4, 0.5) is 0 Å². The van der Waals surface area contributed by atoms with Gasteiger partial charge in [0.15, 0.2) is 0 Å². The van der Waals surface area contributed by atoms with Crippen LogP contribution in [0.2, 0.25) is 0 Å². The van der Waals surface area contributed by atoms with Gasteiger partial charge >= 0.3 is 5.97 Å². The number of carboxylic acids is 1. The standard InChI is InChI=1S/C11H15NO3/c1-2-3-4-6-12-8-10-9(11(13)14)5-7-15-10/h2-3,5,7,12H,4,6,8H2,1H3,(H,13,14)/b3-2+. The molecule has 82 valence electrons. The molecule has 0 aliphatic carbocycles. The zero-order valence-corrected chi connectivity index (χ0v) is 8.69. The second kappa shape index (κ2) is 6.03. The predicted octanol–water partition coefficient (Wildman–Crippen LogP) is 2.03. The summed E-state index contributed by atoms with van der Waals surface area (Å²) in [5.74, 6) is -0.475. The molecule has 0 aliphatic heterocycles. The van der Waals surface area contributed by atoms with Crippen LogP contribution in [0.3, 0.4) is 0 Å². The van der Waals surface area contributed by atoms with Gasteiger partial charge in [-0.1, -0.05) is 12.2 Å². The lowest BCUT2D eigenvalue weighted by molar-refractivity contribution is 0.0694. The highest BCUT2D eigenvalue weighted by molar-refractivity contribution is 5.88. The van der Waals surface area contributed by atoms with Crippen LogP contribution in [0.25, 0.3) is 0 Å². The molecule has 0 aromatic carbocycles. The van der Waals surface area contributed by atoms with Crippen LogP contribution >= 0.6 is 0 Å². The van der Waals surface area contributed by atoms with Gasteiger partial charge in [-0.15, -0.1) is 0 Å². The van der Waals surface area contributed by atoms with Crippen LogP contribution in [0.1, 0.15) is 29.5 Å². The average Bonchev–Trinajstić information content (AvgIpc) is 2.66. The van der Waals surface area contributed by atoms with Crippen molar-refractivity contribution in [3.8, 4) is 0 Å². The normalized spacial score (nSPS) is 11.0. The van der Waals surface area contributed by atoms with Gasteiger partial charge in [-0.25, -0.2) is 4.79 Å². The van der Waals surface area contributed by atoms with Crippen molar-refractivity contribution >= 4 is 5.97 Å². The average molecular weight is 209 g/mol. The van der Waals surface area contributed by atoms with Crippen molar-refractivity contribution in [2.75, 3.05) is 6.54 Å². The first-order valence-corrected chi connectivity index (χ1v) is 4.87. The highest BCUT2D eigenvalue weighted by Gasteiger charge is 2.11. The first kappa shape index (κ1) is 11.5. The molecule has 0 unspecified atom stereocenters. The maximum Gasteiger partial charge on any atom is 0.339 e. The molecule has 0 fully saturated rings. The number of aromatic carboxylic acids is 1. The highest BCUT2D eigenvalue weighted by atomic mass is 16.4. The van der Waals surface area contributed by atoms with E-state index in [2.05, 4.69) is 5.32 Å². The molecule has 0 saturated carbocycles. The van der Waals surface area contributed by atoms with Crippen molar-refractivity contribution in [3.05, 3.63) is 35.8 Å². The number of carbonyl (C=O) groups is 1. The van der Waals surface area contributed by atoms with Crippen LogP contribution in [-0.2, 0) is 6.54 Å². The lowest BCUT2D eigenvalue weighted by atomic mass is 10.2. The highest BCUT2D eigenvalue weighted by Crippen LogP contribution is 2.09. The van der Waals surface area contributed by atoms with Crippen LogP contribution in [0.5, 0.6) is 0 Å². The number of allylic oxidation sites excluding steroid dienone is 1. The molecule has 4 nitrogen and oxygen atoms in total. The van der Waals surface area contributed by atoms with Gasteiger partial charge in [0.2, 0.25) is 0 Å². The number of carboxylic acid groups (broad SMARTS) is 1. The van der Waals surface area contributed by atoms with Crippen LogP contribution < -0.4 is 5.32 Å². The summed E-state index contributed by atoms with van der Waals surface area (Å²) in [6, 6.07) is 1.46. The van der Waals surface area contributed by atoms with Crippen molar-refractivity contribution in [2.24, 2.45) is 0 Å².